The van der Waals surface area contributed by atoms with Gasteiger partial charge in [0.25, 0.3) is 0 Å². The maximum atomic E-state index is 5.06. The third-order valence-corrected chi connectivity index (χ3v) is 3.33. The van der Waals surface area contributed by atoms with E-state index in [1.165, 1.54) is 16.7 Å². The minimum atomic E-state index is 0.556. The second-order valence-electron chi connectivity index (χ2n) is 5.10. The lowest BCUT2D eigenvalue weighted by atomic mass is 9.97. The lowest BCUT2D eigenvalue weighted by molar-refractivity contribution is 0.200. The van der Waals surface area contributed by atoms with Crippen LogP contribution in [0.2, 0.25) is 0 Å². The van der Waals surface area contributed by atoms with E-state index in [1.807, 2.05) is 0 Å². The average molecular weight is 261 g/mol. The van der Waals surface area contributed by atoms with Gasteiger partial charge in [-0.25, -0.2) is 0 Å². The Bertz CT molecular complexity index is 396. The summed E-state index contributed by atoms with van der Waals surface area (Å²) in [6, 6.07) is 8.64. The molecule has 1 aromatic carbocycles. The lowest BCUT2D eigenvalue weighted by Crippen LogP contribution is -2.23. The number of rotatable bonds is 8. The van der Waals surface area contributed by atoms with Gasteiger partial charge in [-0.2, -0.15) is 0 Å². The minimum absolute atomic E-state index is 0.556. The number of aryl methyl sites for hydroxylation is 1. The Morgan fingerprint density at radius 1 is 1.32 bits per heavy atom. The highest BCUT2D eigenvalue weighted by Gasteiger charge is 2.05. The van der Waals surface area contributed by atoms with E-state index in [0.717, 1.165) is 26.1 Å². The number of hydrogen-bond donors (Lipinski definition) is 1. The predicted octanol–water partition coefficient (Wildman–Crippen LogP) is 3.52. The van der Waals surface area contributed by atoms with E-state index in [4.69, 9.17) is 4.74 Å². The highest BCUT2D eigenvalue weighted by molar-refractivity contribution is 5.57. The Balaban J connectivity index is 2.76. The molecule has 0 amide bonds. The first-order chi connectivity index (χ1) is 9.19. The molecule has 0 bridgehead atoms. The van der Waals surface area contributed by atoms with Crippen molar-refractivity contribution in [3.05, 3.63) is 41.0 Å². The molecular formula is C17H27NO. The van der Waals surface area contributed by atoms with Crippen molar-refractivity contribution in [1.29, 1.82) is 0 Å². The Hall–Kier alpha value is -1.12. The van der Waals surface area contributed by atoms with Gasteiger partial charge < -0.3 is 10.1 Å². The molecule has 2 nitrogen and oxygen atoms in total. The summed E-state index contributed by atoms with van der Waals surface area (Å²) >= 11 is 0. The van der Waals surface area contributed by atoms with Gasteiger partial charge in [0.05, 0.1) is 6.61 Å². The summed E-state index contributed by atoms with van der Waals surface area (Å²) in [6.07, 6.45) is 3.42. The molecule has 19 heavy (non-hydrogen) atoms. The number of ether oxygens (including phenoxy) is 1. The first-order valence-electron chi connectivity index (χ1n) is 7.17. The highest BCUT2D eigenvalue weighted by Crippen LogP contribution is 2.17. The van der Waals surface area contributed by atoms with Crippen molar-refractivity contribution in [2.45, 2.75) is 27.2 Å². The van der Waals surface area contributed by atoms with Gasteiger partial charge in [-0.05, 0) is 23.5 Å². The van der Waals surface area contributed by atoms with Crippen LogP contribution in [0.4, 0.5) is 0 Å². The van der Waals surface area contributed by atoms with Crippen molar-refractivity contribution in [3.8, 4) is 0 Å². The molecule has 0 spiro atoms. The molecule has 0 heterocycles. The van der Waals surface area contributed by atoms with Gasteiger partial charge in [-0.15, -0.1) is 0 Å². The van der Waals surface area contributed by atoms with E-state index in [1.54, 1.807) is 7.11 Å². The number of benzene rings is 1. The van der Waals surface area contributed by atoms with Crippen LogP contribution in [-0.2, 0) is 11.2 Å². The van der Waals surface area contributed by atoms with E-state index >= 15 is 0 Å². The monoisotopic (exact) mass is 261 g/mol. The summed E-state index contributed by atoms with van der Waals surface area (Å²) in [5.74, 6) is 0.556. The molecule has 2 heteroatoms. The molecule has 0 saturated carbocycles. The number of nitrogens with one attached hydrogen (secondary N) is 1. The quantitative estimate of drug-likeness (QED) is 0.723. The van der Waals surface area contributed by atoms with Gasteiger partial charge in [0, 0.05) is 20.2 Å². The van der Waals surface area contributed by atoms with Gasteiger partial charge in [0.15, 0.2) is 0 Å². The van der Waals surface area contributed by atoms with Crippen LogP contribution < -0.4 is 5.32 Å². The third-order valence-electron chi connectivity index (χ3n) is 3.33. The van der Waals surface area contributed by atoms with Crippen LogP contribution in [0.5, 0.6) is 0 Å². The smallest absolute Gasteiger partial charge is 0.0587 e. The fourth-order valence-electron chi connectivity index (χ4n) is 2.03. The van der Waals surface area contributed by atoms with Crippen molar-refractivity contribution in [1.82, 2.24) is 5.32 Å². The zero-order valence-corrected chi connectivity index (χ0v) is 12.7. The molecule has 0 aromatic heterocycles. The predicted molar refractivity (Wildman–Crippen MR) is 83.4 cm³/mol. The van der Waals surface area contributed by atoms with E-state index < -0.39 is 0 Å². The van der Waals surface area contributed by atoms with Crippen molar-refractivity contribution in [2.75, 3.05) is 26.8 Å². The fourth-order valence-corrected chi connectivity index (χ4v) is 2.03. The van der Waals surface area contributed by atoms with Crippen LogP contribution in [0.1, 0.15) is 31.9 Å². The summed E-state index contributed by atoms with van der Waals surface area (Å²) in [5.41, 5.74) is 4.21. The van der Waals surface area contributed by atoms with Crippen LogP contribution in [-0.4, -0.2) is 26.8 Å². The Labute approximate surface area is 117 Å². The molecule has 0 aliphatic rings. The third kappa shape index (κ3) is 5.58. The molecule has 0 radical (unpaired) electrons. The highest BCUT2D eigenvalue weighted by atomic mass is 16.5. The molecule has 1 aromatic rings. The van der Waals surface area contributed by atoms with E-state index in [0.29, 0.717) is 5.92 Å². The van der Waals surface area contributed by atoms with Crippen LogP contribution >= 0.6 is 0 Å². The van der Waals surface area contributed by atoms with Gasteiger partial charge in [0.2, 0.25) is 0 Å². The number of methoxy groups -OCH3 is 1. The topological polar surface area (TPSA) is 21.3 Å². The summed E-state index contributed by atoms with van der Waals surface area (Å²) in [7, 11) is 1.73. The normalized spacial score (nSPS) is 12.2. The average Bonchev–Trinajstić information content (AvgIpc) is 2.42. The molecule has 0 aliphatic heterocycles. The second kappa shape index (κ2) is 8.89. The van der Waals surface area contributed by atoms with Gasteiger partial charge >= 0.3 is 0 Å². The standard InChI is InChI=1S/C17H27NO/c1-5-15-8-6-7-9-16(15)12-17(14(2)3)13-18-10-11-19-4/h6-9,12,14,18H,5,10-11,13H2,1-4H3. The van der Waals surface area contributed by atoms with Crippen molar-refractivity contribution < 1.29 is 4.74 Å². The zero-order valence-electron chi connectivity index (χ0n) is 12.7. The SMILES string of the molecule is CCc1ccccc1C=C(CNCCOC)C(C)C. The van der Waals surface area contributed by atoms with Crippen LogP contribution in [0.15, 0.2) is 29.8 Å². The Kier molecular flexibility index (Phi) is 7.46. The Morgan fingerprint density at radius 2 is 2.05 bits per heavy atom. The Morgan fingerprint density at radius 3 is 2.68 bits per heavy atom. The molecule has 0 unspecified atom stereocenters. The maximum absolute atomic E-state index is 5.06. The van der Waals surface area contributed by atoms with Gasteiger partial charge in [-0.3, -0.25) is 0 Å². The van der Waals surface area contributed by atoms with Crippen molar-refractivity contribution >= 4 is 6.08 Å². The molecular weight excluding hydrogens is 234 g/mol. The molecule has 106 valence electrons. The van der Waals surface area contributed by atoms with Crippen LogP contribution in [0, 0.1) is 5.92 Å². The van der Waals surface area contributed by atoms with Crippen LogP contribution in [0.25, 0.3) is 6.08 Å². The summed E-state index contributed by atoms with van der Waals surface area (Å²) in [4.78, 5) is 0. The molecule has 0 fully saturated rings. The van der Waals surface area contributed by atoms with Crippen molar-refractivity contribution in [3.63, 3.8) is 0 Å². The van der Waals surface area contributed by atoms with E-state index in [-0.39, 0.29) is 0 Å². The summed E-state index contributed by atoms with van der Waals surface area (Å²) in [5, 5.41) is 3.43. The fraction of sp³-hybridized carbons (Fsp3) is 0.529. The zero-order chi connectivity index (χ0) is 14.1. The largest absolute Gasteiger partial charge is 0.383 e. The van der Waals surface area contributed by atoms with Gasteiger partial charge in [-0.1, -0.05) is 56.7 Å². The van der Waals surface area contributed by atoms with Crippen LogP contribution in [0.3, 0.4) is 0 Å². The van der Waals surface area contributed by atoms with E-state index in [9.17, 15) is 0 Å². The molecule has 0 aliphatic carbocycles. The first-order valence-corrected chi connectivity index (χ1v) is 7.17. The minimum Gasteiger partial charge on any atom is -0.383 e. The number of hydrogen-bond acceptors (Lipinski definition) is 2. The molecule has 0 atom stereocenters. The van der Waals surface area contributed by atoms with E-state index in [2.05, 4.69) is 56.4 Å². The summed E-state index contributed by atoms with van der Waals surface area (Å²) < 4.78 is 5.06. The molecule has 0 saturated heterocycles. The van der Waals surface area contributed by atoms with Gasteiger partial charge in [0.1, 0.15) is 0 Å². The maximum Gasteiger partial charge on any atom is 0.0587 e. The lowest BCUT2D eigenvalue weighted by Gasteiger charge is -2.14. The first kappa shape index (κ1) is 15.9. The molecule has 1 N–H and O–H groups in total. The molecule has 1 rings (SSSR count). The second-order valence-corrected chi connectivity index (χ2v) is 5.10. The van der Waals surface area contributed by atoms with Crippen molar-refractivity contribution in [2.24, 2.45) is 5.92 Å². The summed E-state index contributed by atoms with van der Waals surface area (Å²) in [6.45, 7) is 9.29.